The molecule has 0 aliphatic rings. The van der Waals surface area contributed by atoms with Crippen molar-refractivity contribution in [2.24, 2.45) is 0 Å². The fraction of sp³-hybridized carbons (Fsp3) is 0.211. The van der Waals surface area contributed by atoms with E-state index in [2.05, 4.69) is 16.3 Å². The number of nitrogens with one attached hydrogen (secondary N) is 1. The van der Waals surface area contributed by atoms with Gasteiger partial charge in [-0.15, -0.1) is 5.10 Å². The molecule has 1 aromatic heterocycles. The van der Waals surface area contributed by atoms with E-state index in [9.17, 15) is 10.1 Å². The van der Waals surface area contributed by atoms with E-state index in [4.69, 9.17) is 0 Å². The third-order valence-electron chi connectivity index (χ3n) is 3.85. The van der Waals surface area contributed by atoms with Gasteiger partial charge in [-0.25, -0.2) is 9.89 Å². The van der Waals surface area contributed by atoms with Crippen LogP contribution in [-0.4, -0.2) is 14.8 Å². The summed E-state index contributed by atoms with van der Waals surface area (Å²) in [6.07, 6.45) is 0.889. The number of rotatable bonds is 6. The van der Waals surface area contributed by atoms with Crippen LogP contribution in [0, 0.1) is 11.3 Å². The van der Waals surface area contributed by atoms with E-state index >= 15 is 0 Å². The van der Waals surface area contributed by atoms with E-state index < -0.39 is 0 Å². The second kappa shape index (κ2) is 7.86. The summed E-state index contributed by atoms with van der Waals surface area (Å²) in [5.41, 5.74) is 3.61. The average Bonchev–Trinajstić information content (AvgIpc) is 3.01. The van der Waals surface area contributed by atoms with Gasteiger partial charge in [-0.3, -0.25) is 4.57 Å². The third-order valence-corrected chi connectivity index (χ3v) is 4.90. The number of H-pyrrole nitrogens is 1. The topological polar surface area (TPSA) is 74.5 Å². The van der Waals surface area contributed by atoms with Gasteiger partial charge < -0.3 is 0 Å². The van der Waals surface area contributed by atoms with E-state index in [0.29, 0.717) is 17.3 Å². The highest BCUT2D eigenvalue weighted by molar-refractivity contribution is 7.98. The predicted molar refractivity (Wildman–Crippen MR) is 99.3 cm³/mol. The van der Waals surface area contributed by atoms with Crippen molar-refractivity contribution in [2.75, 3.05) is 0 Å². The summed E-state index contributed by atoms with van der Waals surface area (Å²) < 4.78 is 1.67. The highest BCUT2D eigenvalue weighted by Crippen LogP contribution is 2.25. The number of hydrogen-bond donors (Lipinski definition) is 1. The molecule has 3 aromatic rings. The fourth-order valence-corrected chi connectivity index (χ4v) is 3.52. The number of thioether (sulfide) groups is 1. The van der Waals surface area contributed by atoms with Gasteiger partial charge in [0, 0.05) is 12.3 Å². The van der Waals surface area contributed by atoms with Gasteiger partial charge in [-0.1, -0.05) is 61.2 Å². The zero-order chi connectivity index (χ0) is 17.6. The minimum atomic E-state index is -0.159. The molecule has 0 spiro atoms. The smallest absolute Gasteiger partial charge is 0.270 e. The molecule has 0 amide bonds. The van der Waals surface area contributed by atoms with Crippen LogP contribution in [-0.2, 0) is 12.3 Å². The molecule has 0 radical (unpaired) electrons. The Balaban J connectivity index is 1.74. The predicted octanol–water partition coefficient (Wildman–Crippen LogP) is 3.81. The molecule has 126 valence electrons. The maximum atomic E-state index is 11.7. The van der Waals surface area contributed by atoms with Crippen LogP contribution in [0.2, 0.25) is 0 Å². The Bertz CT molecular complexity index is 951. The summed E-state index contributed by atoms with van der Waals surface area (Å²) in [5, 5.41) is 16.5. The molecule has 1 heterocycles. The molecule has 25 heavy (non-hydrogen) atoms. The van der Waals surface area contributed by atoms with Crippen molar-refractivity contribution < 1.29 is 0 Å². The van der Waals surface area contributed by atoms with Crippen LogP contribution >= 0.6 is 11.8 Å². The van der Waals surface area contributed by atoms with Gasteiger partial charge in [0.2, 0.25) is 0 Å². The molecule has 0 aliphatic heterocycles. The summed E-state index contributed by atoms with van der Waals surface area (Å²) in [4.78, 5) is 11.7. The number of nitriles is 1. The maximum absolute atomic E-state index is 11.7. The Kier molecular flexibility index (Phi) is 5.36. The third kappa shape index (κ3) is 3.83. The van der Waals surface area contributed by atoms with Crippen LogP contribution in [0.5, 0.6) is 0 Å². The normalized spacial score (nSPS) is 10.6. The van der Waals surface area contributed by atoms with Gasteiger partial charge in [-0.05, 0) is 29.2 Å². The lowest BCUT2D eigenvalue weighted by molar-refractivity contribution is 0.604. The summed E-state index contributed by atoms with van der Waals surface area (Å²) in [6, 6.07) is 17.9. The summed E-state index contributed by atoms with van der Waals surface area (Å²) >= 11 is 1.54. The van der Waals surface area contributed by atoms with Gasteiger partial charge >= 0.3 is 5.69 Å². The van der Waals surface area contributed by atoms with Crippen molar-refractivity contribution in [1.82, 2.24) is 14.8 Å². The van der Waals surface area contributed by atoms with Crippen LogP contribution < -0.4 is 5.69 Å². The Hall–Kier alpha value is -2.78. The lowest BCUT2D eigenvalue weighted by Crippen LogP contribution is -2.17. The SMILES string of the molecule is CCCn1c(SCc2ccc(-c3ccccc3C#N)cc2)n[nH]c1=O. The van der Waals surface area contributed by atoms with Crippen LogP contribution in [0.4, 0.5) is 0 Å². The second-order valence-corrected chi connectivity index (χ2v) is 6.55. The van der Waals surface area contributed by atoms with Crippen molar-refractivity contribution >= 4 is 11.8 Å². The Morgan fingerprint density at radius 3 is 2.68 bits per heavy atom. The highest BCUT2D eigenvalue weighted by atomic mass is 32.2. The molecule has 0 saturated carbocycles. The summed E-state index contributed by atoms with van der Waals surface area (Å²) in [7, 11) is 0. The van der Waals surface area contributed by atoms with E-state index in [1.165, 1.54) is 11.8 Å². The van der Waals surface area contributed by atoms with E-state index in [-0.39, 0.29) is 5.69 Å². The molecule has 3 rings (SSSR count). The molecule has 0 bridgehead atoms. The zero-order valence-corrected chi connectivity index (χ0v) is 14.7. The van der Waals surface area contributed by atoms with E-state index in [1.807, 2.05) is 55.5 Å². The van der Waals surface area contributed by atoms with E-state index in [0.717, 1.165) is 28.9 Å². The molecular formula is C19H18N4OS. The maximum Gasteiger partial charge on any atom is 0.343 e. The first-order valence-electron chi connectivity index (χ1n) is 8.09. The highest BCUT2D eigenvalue weighted by Gasteiger charge is 2.09. The van der Waals surface area contributed by atoms with E-state index in [1.54, 1.807) is 4.57 Å². The molecule has 0 aliphatic carbocycles. The molecule has 0 atom stereocenters. The summed E-state index contributed by atoms with van der Waals surface area (Å²) in [6.45, 7) is 2.70. The molecule has 0 fully saturated rings. The lowest BCUT2D eigenvalue weighted by Gasteiger charge is -2.06. The first kappa shape index (κ1) is 17.1. The largest absolute Gasteiger partial charge is 0.343 e. The van der Waals surface area contributed by atoms with Crippen LogP contribution in [0.15, 0.2) is 58.5 Å². The zero-order valence-electron chi connectivity index (χ0n) is 13.9. The Morgan fingerprint density at radius 1 is 1.20 bits per heavy atom. The number of hydrogen-bond acceptors (Lipinski definition) is 4. The van der Waals surface area contributed by atoms with Crippen molar-refractivity contribution in [3.63, 3.8) is 0 Å². The second-order valence-electron chi connectivity index (χ2n) is 5.61. The Morgan fingerprint density at radius 2 is 1.96 bits per heavy atom. The first-order chi connectivity index (χ1) is 12.2. The average molecular weight is 350 g/mol. The molecule has 2 aromatic carbocycles. The monoisotopic (exact) mass is 350 g/mol. The van der Waals surface area contributed by atoms with Gasteiger partial charge in [0.25, 0.3) is 0 Å². The molecule has 1 N–H and O–H groups in total. The fourth-order valence-electron chi connectivity index (χ4n) is 2.59. The van der Waals surface area contributed by atoms with Gasteiger partial charge in [0.1, 0.15) is 0 Å². The van der Waals surface area contributed by atoms with Gasteiger partial charge in [-0.2, -0.15) is 5.26 Å². The number of nitrogens with zero attached hydrogens (tertiary/aromatic N) is 3. The standard InChI is InChI=1S/C19H18N4OS/c1-2-11-23-18(24)21-22-19(23)25-13-14-7-9-15(10-8-14)17-6-4-3-5-16(17)12-20/h3-10H,2,11,13H2,1H3,(H,21,24). The van der Waals surface area contributed by atoms with Crippen LogP contribution in [0.1, 0.15) is 24.5 Å². The quantitative estimate of drug-likeness (QED) is 0.686. The first-order valence-corrected chi connectivity index (χ1v) is 9.08. The Labute approximate surface area is 150 Å². The minimum absolute atomic E-state index is 0.159. The molecule has 5 nitrogen and oxygen atoms in total. The minimum Gasteiger partial charge on any atom is -0.270 e. The summed E-state index contributed by atoms with van der Waals surface area (Å²) in [5.74, 6) is 0.730. The van der Waals surface area contributed by atoms with Crippen molar-refractivity contribution in [3.05, 3.63) is 70.1 Å². The number of aromatic amines is 1. The van der Waals surface area contributed by atoms with Gasteiger partial charge in [0.05, 0.1) is 11.6 Å². The number of aromatic nitrogens is 3. The molecule has 6 heteroatoms. The molecule has 0 unspecified atom stereocenters. The molecule has 0 saturated heterocycles. The van der Waals surface area contributed by atoms with Crippen molar-refractivity contribution in [3.8, 4) is 17.2 Å². The molecular weight excluding hydrogens is 332 g/mol. The lowest BCUT2D eigenvalue weighted by atomic mass is 10.00. The van der Waals surface area contributed by atoms with Crippen molar-refractivity contribution in [2.45, 2.75) is 30.8 Å². The van der Waals surface area contributed by atoms with Crippen LogP contribution in [0.25, 0.3) is 11.1 Å². The van der Waals surface area contributed by atoms with Crippen molar-refractivity contribution in [1.29, 1.82) is 5.26 Å². The van der Waals surface area contributed by atoms with Gasteiger partial charge in [0.15, 0.2) is 5.16 Å². The van der Waals surface area contributed by atoms with Crippen LogP contribution in [0.3, 0.4) is 0 Å². The number of benzene rings is 2.